The molecular formula is C17H17N5OS. The van der Waals surface area contributed by atoms with Crippen molar-refractivity contribution in [3.8, 4) is 11.4 Å². The molecule has 0 aliphatic rings. The highest BCUT2D eigenvalue weighted by atomic mass is 32.2. The number of hydrogen-bond acceptors (Lipinski definition) is 5. The lowest BCUT2D eigenvalue weighted by Gasteiger charge is -2.14. The first-order valence-corrected chi connectivity index (χ1v) is 8.43. The van der Waals surface area contributed by atoms with Gasteiger partial charge in [0.2, 0.25) is 5.91 Å². The summed E-state index contributed by atoms with van der Waals surface area (Å²) in [7, 11) is 0. The first-order chi connectivity index (χ1) is 11.7. The van der Waals surface area contributed by atoms with Gasteiger partial charge in [-0.25, -0.2) is 0 Å². The van der Waals surface area contributed by atoms with E-state index in [0.29, 0.717) is 11.7 Å². The summed E-state index contributed by atoms with van der Waals surface area (Å²) < 4.78 is 1.97. The van der Waals surface area contributed by atoms with Crippen molar-refractivity contribution in [1.82, 2.24) is 19.7 Å². The number of carbonyl (C=O) groups is 1. The number of aromatic nitrogens is 4. The Kier molecular flexibility index (Phi) is 4.90. The predicted octanol–water partition coefficient (Wildman–Crippen LogP) is 2.68. The van der Waals surface area contributed by atoms with Gasteiger partial charge in [0.25, 0.3) is 0 Å². The molecule has 0 saturated heterocycles. The highest BCUT2D eigenvalue weighted by molar-refractivity contribution is 8.00. The molecular weight excluding hydrogens is 322 g/mol. The van der Waals surface area contributed by atoms with Gasteiger partial charge in [-0.2, -0.15) is 0 Å². The molecule has 3 rings (SSSR count). The molecule has 0 bridgehead atoms. The number of primary amides is 1. The zero-order chi connectivity index (χ0) is 16.9. The van der Waals surface area contributed by atoms with Gasteiger partial charge in [0.15, 0.2) is 11.0 Å². The van der Waals surface area contributed by atoms with Crippen LogP contribution in [-0.4, -0.2) is 25.7 Å². The third-order valence-corrected chi connectivity index (χ3v) is 4.81. The molecule has 1 aromatic carbocycles. The van der Waals surface area contributed by atoms with Gasteiger partial charge in [-0.15, -0.1) is 10.2 Å². The number of carbonyl (C=O) groups excluding carboxylic acids is 1. The van der Waals surface area contributed by atoms with E-state index < -0.39 is 11.2 Å². The van der Waals surface area contributed by atoms with Crippen molar-refractivity contribution in [2.45, 2.75) is 23.9 Å². The third kappa shape index (κ3) is 3.30. The van der Waals surface area contributed by atoms with Crippen LogP contribution in [0, 0.1) is 0 Å². The van der Waals surface area contributed by atoms with Gasteiger partial charge >= 0.3 is 0 Å². The van der Waals surface area contributed by atoms with Crippen LogP contribution in [0.2, 0.25) is 0 Å². The predicted molar refractivity (Wildman–Crippen MR) is 93.2 cm³/mol. The number of nitrogens with zero attached hydrogens (tertiary/aromatic N) is 4. The van der Waals surface area contributed by atoms with E-state index in [0.717, 1.165) is 17.0 Å². The molecule has 6 nitrogen and oxygen atoms in total. The number of amides is 1. The molecule has 7 heteroatoms. The van der Waals surface area contributed by atoms with Crippen molar-refractivity contribution in [3.63, 3.8) is 0 Å². The Hall–Kier alpha value is -2.67. The molecule has 0 saturated carbocycles. The van der Waals surface area contributed by atoms with Crippen LogP contribution in [0.3, 0.4) is 0 Å². The first kappa shape index (κ1) is 16.2. The Labute approximate surface area is 144 Å². The summed E-state index contributed by atoms with van der Waals surface area (Å²) in [6, 6.07) is 13.2. The van der Waals surface area contributed by atoms with Crippen molar-refractivity contribution in [2.75, 3.05) is 0 Å². The molecule has 122 valence electrons. The number of thioether (sulfide) groups is 1. The fourth-order valence-corrected chi connectivity index (χ4v) is 3.45. The SMILES string of the molecule is CCn1c(SC(C(N)=O)c2ccccc2)nnc1-c1ccncc1. The molecule has 0 spiro atoms. The number of nitrogens with two attached hydrogens (primary N) is 1. The number of benzene rings is 1. The number of rotatable bonds is 6. The summed E-state index contributed by atoms with van der Waals surface area (Å²) in [5.74, 6) is 0.348. The van der Waals surface area contributed by atoms with Gasteiger partial charge in [-0.3, -0.25) is 9.78 Å². The van der Waals surface area contributed by atoms with Crippen molar-refractivity contribution in [1.29, 1.82) is 0 Å². The van der Waals surface area contributed by atoms with E-state index in [1.165, 1.54) is 11.8 Å². The quantitative estimate of drug-likeness (QED) is 0.698. The molecule has 0 aliphatic heterocycles. The number of pyridine rings is 1. The topological polar surface area (TPSA) is 86.7 Å². The van der Waals surface area contributed by atoms with Gasteiger partial charge in [0.1, 0.15) is 5.25 Å². The molecule has 2 aromatic heterocycles. The van der Waals surface area contributed by atoms with Crippen LogP contribution < -0.4 is 5.73 Å². The molecule has 3 aromatic rings. The summed E-state index contributed by atoms with van der Waals surface area (Å²) >= 11 is 1.32. The van der Waals surface area contributed by atoms with Crippen LogP contribution in [0.15, 0.2) is 60.0 Å². The molecule has 1 amide bonds. The van der Waals surface area contributed by atoms with E-state index in [1.54, 1.807) is 12.4 Å². The average molecular weight is 339 g/mol. The smallest absolute Gasteiger partial charge is 0.235 e. The minimum absolute atomic E-state index is 0.401. The molecule has 0 fully saturated rings. The van der Waals surface area contributed by atoms with Gasteiger partial charge in [-0.05, 0) is 24.6 Å². The Bertz CT molecular complexity index is 820. The molecule has 1 atom stereocenters. The summed E-state index contributed by atoms with van der Waals surface area (Å²) in [5, 5.41) is 8.69. The summed E-state index contributed by atoms with van der Waals surface area (Å²) in [5.41, 5.74) is 7.39. The third-order valence-electron chi connectivity index (χ3n) is 3.56. The minimum atomic E-state index is -0.508. The maximum absolute atomic E-state index is 11.9. The highest BCUT2D eigenvalue weighted by Crippen LogP contribution is 2.35. The van der Waals surface area contributed by atoms with Crippen LogP contribution in [0.5, 0.6) is 0 Å². The molecule has 24 heavy (non-hydrogen) atoms. The number of hydrogen-bond donors (Lipinski definition) is 1. The Morgan fingerprint density at radius 3 is 2.50 bits per heavy atom. The van der Waals surface area contributed by atoms with E-state index in [4.69, 9.17) is 5.73 Å². The van der Waals surface area contributed by atoms with E-state index in [-0.39, 0.29) is 0 Å². The summed E-state index contributed by atoms with van der Waals surface area (Å²) in [6.07, 6.45) is 3.43. The van der Waals surface area contributed by atoms with Gasteiger partial charge in [0.05, 0.1) is 0 Å². The second-order valence-corrected chi connectivity index (χ2v) is 6.17. The lowest BCUT2D eigenvalue weighted by Crippen LogP contribution is -2.19. The standard InChI is InChI=1S/C17H17N5OS/c1-2-22-16(13-8-10-19-11-9-13)20-21-17(22)24-14(15(18)23)12-6-4-3-5-7-12/h3-11,14H,2H2,1H3,(H2,18,23). The second kappa shape index (κ2) is 7.27. The van der Waals surface area contributed by atoms with Crippen molar-refractivity contribution in [2.24, 2.45) is 5.73 Å². The average Bonchev–Trinajstić information content (AvgIpc) is 3.03. The summed E-state index contributed by atoms with van der Waals surface area (Å²) in [4.78, 5) is 15.9. The highest BCUT2D eigenvalue weighted by Gasteiger charge is 2.23. The van der Waals surface area contributed by atoms with Gasteiger partial charge in [-0.1, -0.05) is 42.1 Å². The largest absolute Gasteiger partial charge is 0.368 e. The lowest BCUT2D eigenvalue weighted by molar-refractivity contribution is -0.117. The Balaban J connectivity index is 1.95. The first-order valence-electron chi connectivity index (χ1n) is 7.55. The van der Waals surface area contributed by atoms with Crippen molar-refractivity contribution in [3.05, 3.63) is 60.4 Å². The van der Waals surface area contributed by atoms with Crippen molar-refractivity contribution >= 4 is 17.7 Å². The molecule has 2 N–H and O–H groups in total. The van der Waals surface area contributed by atoms with Crippen molar-refractivity contribution < 1.29 is 4.79 Å². The molecule has 0 radical (unpaired) electrons. The monoisotopic (exact) mass is 339 g/mol. The molecule has 0 aliphatic carbocycles. The van der Waals surface area contributed by atoms with Crippen LogP contribution in [-0.2, 0) is 11.3 Å². The Morgan fingerprint density at radius 1 is 1.17 bits per heavy atom. The van der Waals surface area contributed by atoms with Crippen LogP contribution in [0.4, 0.5) is 0 Å². The summed E-state index contributed by atoms with van der Waals surface area (Å²) in [6.45, 7) is 2.70. The van der Waals surface area contributed by atoms with E-state index in [1.807, 2.05) is 54.0 Å². The normalized spacial score (nSPS) is 12.0. The maximum Gasteiger partial charge on any atom is 0.235 e. The molecule has 2 heterocycles. The lowest BCUT2D eigenvalue weighted by atomic mass is 10.1. The zero-order valence-corrected chi connectivity index (χ0v) is 14.0. The maximum atomic E-state index is 11.9. The van der Waals surface area contributed by atoms with Crippen LogP contribution in [0.1, 0.15) is 17.7 Å². The second-order valence-electron chi connectivity index (χ2n) is 5.10. The fraction of sp³-hybridized carbons (Fsp3) is 0.176. The fourth-order valence-electron chi connectivity index (χ4n) is 2.40. The van der Waals surface area contributed by atoms with Gasteiger partial charge in [0, 0.05) is 24.5 Å². The van der Waals surface area contributed by atoms with Gasteiger partial charge < -0.3 is 10.3 Å². The van der Waals surface area contributed by atoms with E-state index in [2.05, 4.69) is 15.2 Å². The minimum Gasteiger partial charge on any atom is -0.368 e. The van der Waals surface area contributed by atoms with Crippen LogP contribution >= 0.6 is 11.8 Å². The van der Waals surface area contributed by atoms with E-state index >= 15 is 0 Å². The van der Waals surface area contributed by atoms with E-state index in [9.17, 15) is 4.79 Å². The Morgan fingerprint density at radius 2 is 1.88 bits per heavy atom. The molecule has 1 unspecified atom stereocenters. The van der Waals surface area contributed by atoms with Crippen LogP contribution in [0.25, 0.3) is 11.4 Å². The zero-order valence-electron chi connectivity index (χ0n) is 13.2.